The highest BCUT2D eigenvalue weighted by molar-refractivity contribution is 7.98. The molecule has 2 aromatic heterocycles. The van der Waals surface area contributed by atoms with Gasteiger partial charge in [-0.25, -0.2) is 9.97 Å². The molecule has 26 heavy (non-hydrogen) atoms. The first-order valence-electron chi connectivity index (χ1n) is 8.27. The van der Waals surface area contributed by atoms with Crippen LogP contribution in [0.2, 0.25) is 10.0 Å². The van der Waals surface area contributed by atoms with Crippen molar-refractivity contribution < 1.29 is 4.42 Å². The molecule has 0 atom stereocenters. The molecule has 7 heteroatoms. The van der Waals surface area contributed by atoms with Crippen molar-refractivity contribution in [3.8, 4) is 11.3 Å². The van der Waals surface area contributed by atoms with Crippen molar-refractivity contribution in [3.05, 3.63) is 63.6 Å². The summed E-state index contributed by atoms with van der Waals surface area (Å²) in [5, 5.41) is 2.05. The van der Waals surface area contributed by atoms with Crippen LogP contribution in [0.1, 0.15) is 17.0 Å². The van der Waals surface area contributed by atoms with Crippen LogP contribution in [0.15, 0.2) is 46.1 Å². The Morgan fingerprint density at radius 2 is 2.12 bits per heavy atom. The molecule has 0 radical (unpaired) electrons. The maximum absolute atomic E-state index is 6.28. The Morgan fingerprint density at radius 1 is 1.23 bits per heavy atom. The highest BCUT2D eigenvalue weighted by Gasteiger charge is 2.20. The number of hydrogen-bond acceptors (Lipinski definition) is 5. The molecule has 0 N–H and O–H groups in total. The third kappa shape index (κ3) is 3.76. The van der Waals surface area contributed by atoms with Gasteiger partial charge in [0.15, 0.2) is 5.16 Å². The number of rotatable bonds is 4. The molecule has 0 amide bonds. The van der Waals surface area contributed by atoms with E-state index in [4.69, 9.17) is 27.6 Å². The maximum Gasteiger partial charge on any atom is 0.187 e. The predicted molar refractivity (Wildman–Crippen MR) is 106 cm³/mol. The number of benzene rings is 1. The first-order chi connectivity index (χ1) is 12.6. The molecule has 1 aliphatic heterocycles. The van der Waals surface area contributed by atoms with Crippen LogP contribution < -0.4 is 0 Å². The molecule has 0 saturated carbocycles. The lowest BCUT2D eigenvalue weighted by Gasteiger charge is -2.27. The fraction of sp³-hybridized carbons (Fsp3) is 0.263. The van der Waals surface area contributed by atoms with E-state index in [0.717, 1.165) is 54.0 Å². The highest BCUT2D eigenvalue weighted by atomic mass is 35.5. The quantitative estimate of drug-likeness (QED) is 0.433. The zero-order chi connectivity index (χ0) is 18.1. The minimum absolute atomic E-state index is 0.590. The fourth-order valence-electron chi connectivity index (χ4n) is 3.11. The summed E-state index contributed by atoms with van der Waals surface area (Å²) < 4.78 is 6.01. The number of furan rings is 1. The Kier molecular flexibility index (Phi) is 5.23. The highest BCUT2D eigenvalue weighted by Crippen LogP contribution is 2.32. The summed E-state index contributed by atoms with van der Waals surface area (Å²) in [6.07, 6.45) is 4.88. The average Bonchev–Trinajstić information content (AvgIpc) is 3.09. The van der Waals surface area contributed by atoms with Crippen LogP contribution in [0.25, 0.3) is 11.3 Å². The largest absolute Gasteiger partial charge is 0.460 e. The lowest BCUT2D eigenvalue weighted by Crippen LogP contribution is -2.30. The molecule has 0 fully saturated rings. The Morgan fingerprint density at radius 3 is 2.92 bits per heavy atom. The van der Waals surface area contributed by atoms with Gasteiger partial charge in [0.2, 0.25) is 0 Å². The molecule has 134 valence electrons. The minimum atomic E-state index is 0.590. The minimum Gasteiger partial charge on any atom is -0.460 e. The first kappa shape index (κ1) is 17.9. The molecule has 0 bridgehead atoms. The SMILES string of the molecule is CSc1ncc2c(n1)CCN(Cc1ccc(-c3ccc(Cl)cc3Cl)o1)C2. The number of halogens is 2. The summed E-state index contributed by atoms with van der Waals surface area (Å²) in [4.78, 5) is 11.3. The molecule has 3 heterocycles. The molecular formula is C19H17Cl2N3OS. The van der Waals surface area contributed by atoms with Crippen molar-refractivity contribution in [3.63, 3.8) is 0 Å². The number of thioether (sulfide) groups is 1. The second kappa shape index (κ2) is 7.61. The van der Waals surface area contributed by atoms with E-state index >= 15 is 0 Å². The Labute approximate surface area is 166 Å². The van der Waals surface area contributed by atoms with Crippen molar-refractivity contribution >= 4 is 35.0 Å². The number of nitrogens with zero attached hydrogens (tertiary/aromatic N) is 3. The van der Waals surface area contributed by atoms with Crippen LogP contribution in [0.5, 0.6) is 0 Å². The average molecular weight is 406 g/mol. The van der Waals surface area contributed by atoms with Gasteiger partial charge in [0.25, 0.3) is 0 Å². The smallest absolute Gasteiger partial charge is 0.187 e. The molecule has 0 saturated heterocycles. The van der Waals surface area contributed by atoms with E-state index in [0.29, 0.717) is 10.0 Å². The van der Waals surface area contributed by atoms with Crippen molar-refractivity contribution in [2.24, 2.45) is 0 Å². The van der Waals surface area contributed by atoms with E-state index in [2.05, 4.69) is 14.9 Å². The van der Waals surface area contributed by atoms with Crippen LogP contribution in [0.4, 0.5) is 0 Å². The van der Waals surface area contributed by atoms with E-state index in [1.165, 1.54) is 5.56 Å². The molecule has 1 aromatic carbocycles. The predicted octanol–water partition coefficient (Wildman–Crippen LogP) is 5.32. The van der Waals surface area contributed by atoms with Gasteiger partial charge in [-0.05, 0) is 36.6 Å². The molecule has 0 aliphatic carbocycles. The number of fused-ring (bicyclic) bond motifs is 1. The molecule has 0 spiro atoms. The molecule has 4 nitrogen and oxygen atoms in total. The van der Waals surface area contributed by atoms with Crippen LogP contribution in [-0.2, 0) is 19.5 Å². The first-order valence-corrected chi connectivity index (χ1v) is 10.3. The van der Waals surface area contributed by atoms with Crippen molar-refractivity contribution in [2.75, 3.05) is 12.8 Å². The van der Waals surface area contributed by atoms with E-state index in [1.54, 1.807) is 17.8 Å². The van der Waals surface area contributed by atoms with Gasteiger partial charge < -0.3 is 4.42 Å². The van der Waals surface area contributed by atoms with Gasteiger partial charge in [-0.15, -0.1) is 0 Å². The summed E-state index contributed by atoms with van der Waals surface area (Å²) in [5.74, 6) is 1.67. The summed E-state index contributed by atoms with van der Waals surface area (Å²) in [6, 6.07) is 9.38. The van der Waals surface area contributed by atoms with Crippen LogP contribution in [0, 0.1) is 0 Å². The number of aromatic nitrogens is 2. The lowest BCUT2D eigenvalue weighted by atomic mass is 10.1. The topological polar surface area (TPSA) is 42.2 Å². The molecule has 4 rings (SSSR count). The summed E-state index contributed by atoms with van der Waals surface area (Å²) in [7, 11) is 0. The molecule has 1 aliphatic rings. The second-order valence-electron chi connectivity index (χ2n) is 6.18. The van der Waals surface area contributed by atoms with Gasteiger partial charge in [0.05, 0.1) is 17.3 Å². The summed E-state index contributed by atoms with van der Waals surface area (Å²) >= 11 is 13.8. The zero-order valence-electron chi connectivity index (χ0n) is 14.2. The third-order valence-electron chi connectivity index (χ3n) is 4.41. The van der Waals surface area contributed by atoms with E-state index in [9.17, 15) is 0 Å². The Balaban J connectivity index is 1.48. The zero-order valence-corrected chi connectivity index (χ0v) is 16.5. The molecule has 0 unspecified atom stereocenters. The Hall–Kier alpha value is -1.53. The van der Waals surface area contributed by atoms with Crippen LogP contribution in [0.3, 0.4) is 0 Å². The fourth-order valence-corrected chi connectivity index (χ4v) is 3.97. The van der Waals surface area contributed by atoms with Gasteiger partial charge in [-0.1, -0.05) is 35.0 Å². The standard InChI is InChI=1S/C19H17Cl2N3OS/c1-26-19-22-9-12-10-24(7-6-17(12)23-19)11-14-3-5-18(25-14)15-4-2-13(20)8-16(15)21/h2-5,8-9H,6-7,10-11H2,1H3. The van der Waals surface area contributed by atoms with Crippen molar-refractivity contribution in [1.82, 2.24) is 14.9 Å². The van der Waals surface area contributed by atoms with Crippen molar-refractivity contribution in [2.45, 2.75) is 24.7 Å². The van der Waals surface area contributed by atoms with Gasteiger partial charge in [0.1, 0.15) is 11.5 Å². The maximum atomic E-state index is 6.28. The van der Waals surface area contributed by atoms with Crippen LogP contribution >= 0.6 is 35.0 Å². The third-order valence-corrected chi connectivity index (χ3v) is 5.52. The number of hydrogen-bond donors (Lipinski definition) is 0. The van der Waals surface area contributed by atoms with E-state index in [1.807, 2.05) is 36.7 Å². The lowest BCUT2D eigenvalue weighted by molar-refractivity contribution is 0.223. The second-order valence-corrected chi connectivity index (χ2v) is 7.80. The van der Waals surface area contributed by atoms with Gasteiger partial charge in [0, 0.05) is 41.9 Å². The monoisotopic (exact) mass is 405 g/mol. The normalized spacial score (nSPS) is 14.4. The van der Waals surface area contributed by atoms with Gasteiger partial charge in [-0.3, -0.25) is 4.90 Å². The van der Waals surface area contributed by atoms with Gasteiger partial charge >= 0.3 is 0 Å². The van der Waals surface area contributed by atoms with Crippen molar-refractivity contribution in [1.29, 1.82) is 0 Å². The van der Waals surface area contributed by atoms with Gasteiger partial charge in [-0.2, -0.15) is 0 Å². The summed E-state index contributed by atoms with van der Waals surface area (Å²) in [5.41, 5.74) is 3.21. The van der Waals surface area contributed by atoms with Crippen LogP contribution in [-0.4, -0.2) is 27.7 Å². The summed E-state index contributed by atoms with van der Waals surface area (Å²) in [6.45, 7) is 2.53. The molecule has 3 aromatic rings. The van der Waals surface area contributed by atoms with E-state index in [-0.39, 0.29) is 0 Å². The Bertz CT molecular complexity index is 944. The van der Waals surface area contributed by atoms with E-state index < -0.39 is 0 Å². The molecular weight excluding hydrogens is 389 g/mol.